The molecule has 0 unspecified atom stereocenters. The molecule has 2 spiro atoms. The second-order valence-corrected chi connectivity index (χ2v) is 18.3. The smallest absolute Gasteiger partial charge is 0.263 e. The van der Waals surface area contributed by atoms with Crippen LogP contribution in [0.4, 0.5) is 0 Å². The minimum Gasteiger partial charge on any atom is -0.495 e. The Bertz CT molecular complexity index is 2530. The number of allylic oxidation sites excluding steroid dienone is 4. The van der Waals surface area contributed by atoms with Crippen molar-refractivity contribution in [2.24, 2.45) is 0 Å². The quantitative estimate of drug-likeness (QED) is 0.126. The molecule has 4 aliphatic rings. The predicted octanol–water partition coefficient (Wildman–Crippen LogP) is 12.9. The van der Waals surface area contributed by atoms with E-state index in [4.69, 9.17) is 16.0 Å². The lowest BCUT2D eigenvalue weighted by Crippen LogP contribution is -2.28. The second-order valence-electron chi connectivity index (χ2n) is 15.0. The van der Waals surface area contributed by atoms with Crippen LogP contribution >= 0.6 is 34.0 Å². The highest BCUT2D eigenvalue weighted by Gasteiger charge is 2.46. The normalized spacial score (nSPS) is 17.8. The average Bonchev–Trinajstić information content (AvgIpc) is 4.03. The first-order valence-electron chi connectivity index (χ1n) is 18.8. The number of fused-ring (bicyclic) bond motifs is 7. The Balaban J connectivity index is 1.19. The number of hydrogen-bond donors (Lipinski definition) is 0. The van der Waals surface area contributed by atoms with E-state index in [9.17, 15) is 15.8 Å². The first kappa shape index (κ1) is 35.3. The lowest BCUT2D eigenvalue weighted by Gasteiger charge is -2.38. The minimum absolute atomic E-state index is 0.0728. The first-order valence-corrected chi connectivity index (χ1v) is 21.2. The molecule has 3 heterocycles. The molecule has 9 heteroatoms. The number of hydrogen-bond acceptors (Lipinski definition) is 8. The molecule has 9 rings (SSSR count). The fourth-order valence-corrected chi connectivity index (χ4v) is 13.4. The average molecular weight is 773 g/mol. The van der Waals surface area contributed by atoms with Crippen molar-refractivity contribution in [2.75, 3.05) is 14.2 Å². The van der Waals surface area contributed by atoms with Gasteiger partial charge < -0.3 is 9.47 Å². The lowest BCUT2D eigenvalue weighted by molar-refractivity contribution is 0.370. The van der Waals surface area contributed by atoms with Gasteiger partial charge in [-0.2, -0.15) is 10.5 Å². The Morgan fingerprint density at radius 1 is 0.655 bits per heavy atom. The van der Waals surface area contributed by atoms with Gasteiger partial charge in [-0.25, -0.2) is 10.1 Å². The molecule has 0 amide bonds. The molecular formula is C46H36N4O2S3. The van der Waals surface area contributed by atoms with Crippen LogP contribution in [-0.2, 0) is 10.8 Å². The SMILES string of the molecule is [C-]#[N+]/C(C#N)=C\c1cc(OC)c(C2=Cc3cc4sc5cc6c(cc5c4cc3C23CCCCC3)C2(CCCCC2)C(c2sc(C=C(C#N)C#N)cc2OC)=C6)s1. The van der Waals surface area contributed by atoms with Gasteiger partial charge in [0.15, 0.2) is 0 Å². The van der Waals surface area contributed by atoms with Gasteiger partial charge >= 0.3 is 0 Å². The van der Waals surface area contributed by atoms with Crippen molar-refractivity contribution in [3.63, 3.8) is 0 Å². The minimum atomic E-state index is -0.126. The molecule has 2 saturated carbocycles. The van der Waals surface area contributed by atoms with Gasteiger partial charge in [-0.1, -0.05) is 38.5 Å². The molecule has 2 fully saturated rings. The van der Waals surface area contributed by atoms with E-state index >= 15 is 0 Å². The topological polar surface area (TPSA) is 94.2 Å². The Morgan fingerprint density at radius 2 is 1.13 bits per heavy atom. The molecule has 0 atom stereocenters. The molecule has 270 valence electrons. The molecule has 0 radical (unpaired) electrons. The van der Waals surface area contributed by atoms with Gasteiger partial charge in [-0.15, -0.1) is 34.0 Å². The fraction of sp³-hybridized carbons (Fsp3) is 0.304. The number of nitrogens with zero attached hydrogens (tertiary/aromatic N) is 4. The van der Waals surface area contributed by atoms with Gasteiger partial charge in [0.05, 0.1) is 36.6 Å². The number of benzene rings is 2. The van der Waals surface area contributed by atoms with Gasteiger partial charge in [0.25, 0.3) is 5.70 Å². The number of ether oxygens (including phenoxy) is 2. The standard InChI is InChI=1S/C46H36N4O2S3/c1-50-30(26-49)19-32-21-40(52-3)44(54-32)38-16-29-18-42-34(23-36(29)46(38)12-8-5-9-13-46)33-22-35-28(17-41(33)55-42)15-37(45(35)10-6-4-7-11-45)43-39(51-2)20-31(53-43)14-27(24-47)25-48/h14-23H,4-13H2,2-3H3/b30-19-. The van der Waals surface area contributed by atoms with Gasteiger partial charge in [0.2, 0.25) is 0 Å². The zero-order valence-corrected chi connectivity index (χ0v) is 33.1. The number of nitriles is 3. The molecule has 3 aromatic heterocycles. The van der Waals surface area contributed by atoms with Crippen molar-refractivity contribution >= 4 is 89.6 Å². The van der Waals surface area contributed by atoms with Gasteiger partial charge in [-0.05, 0) is 120 Å². The van der Waals surface area contributed by atoms with E-state index in [1.807, 2.05) is 41.7 Å². The monoisotopic (exact) mass is 772 g/mol. The molecule has 0 saturated heterocycles. The van der Waals surface area contributed by atoms with Crippen molar-refractivity contribution in [3.05, 3.63) is 101 Å². The molecule has 2 aromatic carbocycles. The highest BCUT2D eigenvalue weighted by molar-refractivity contribution is 7.25. The van der Waals surface area contributed by atoms with Crippen LogP contribution in [0.2, 0.25) is 0 Å². The summed E-state index contributed by atoms with van der Waals surface area (Å²) in [5.74, 6) is 1.59. The maximum absolute atomic E-state index is 9.45. The third kappa shape index (κ3) is 5.49. The summed E-state index contributed by atoms with van der Waals surface area (Å²) in [5, 5.41) is 31.0. The zero-order valence-electron chi connectivity index (χ0n) is 30.7. The molecule has 0 bridgehead atoms. The zero-order chi connectivity index (χ0) is 37.9. The third-order valence-corrected chi connectivity index (χ3v) is 15.6. The van der Waals surface area contributed by atoms with Crippen LogP contribution in [0.15, 0.2) is 47.7 Å². The van der Waals surface area contributed by atoms with E-state index in [-0.39, 0.29) is 22.1 Å². The number of methoxy groups -OCH3 is 2. The van der Waals surface area contributed by atoms with Crippen LogP contribution in [0.3, 0.4) is 0 Å². The van der Waals surface area contributed by atoms with E-state index in [0.29, 0.717) is 0 Å². The molecule has 6 nitrogen and oxygen atoms in total. The number of rotatable bonds is 6. The highest BCUT2D eigenvalue weighted by Crippen LogP contribution is 2.61. The predicted molar refractivity (Wildman–Crippen MR) is 226 cm³/mol. The van der Waals surface area contributed by atoms with E-state index < -0.39 is 0 Å². The maximum atomic E-state index is 9.45. The summed E-state index contributed by atoms with van der Waals surface area (Å²) in [6.45, 7) is 7.40. The van der Waals surface area contributed by atoms with E-state index in [0.717, 1.165) is 69.5 Å². The summed E-state index contributed by atoms with van der Waals surface area (Å²) in [6, 6.07) is 19.8. The Morgan fingerprint density at radius 3 is 1.55 bits per heavy atom. The maximum Gasteiger partial charge on any atom is 0.263 e. The largest absolute Gasteiger partial charge is 0.495 e. The summed E-state index contributed by atoms with van der Waals surface area (Å²) >= 11 is 5.09. The Hall–Kier alpha value is -5.42. The second kappa shape index (κ2) is 13.7. The van der Waals surface area contributed by atoms with Crippen molar-refractivity contribution in [1.29, 1.82) is 15.8 Å². The van der Waals surface area contributed by atoms with Crippen molar-refractivity contribution in [3.8, 4) is 29.7 Å². The van der Waals surface area contributed by atoms with Crippen molar-refractivity contribution in [2.45, 2.75) is 75.0 Å². The summed E-state index contributed by atoms with van der Waals surface area (Å²) in [5.41, 5.74) is 7.90. The first-order chi connectivity index (χ1) is 26.9. The van der Waals surface area contributed by atoms with Crippen LogP contribution in [-0.4, -0.2) is 14.2 Å². The van der Waals surface area contributed by atoms with Crippen LogP contribution in [0.5, 0.6) is 11.5 Å². The lowest BCUT2D eigenvalue weighted by atomic mass is 9.66. The molecule has 4 aliphatic carbocycles. The summed E-state index contributed by atoms with van der Waals surface area (Å²) in [6.07, 6.45) is 19.5. The van der Waals surface area contributed by atoms with Gasteiger partial charge in [-0.3, -0.25) is 0 Å². The van der Waals surface area contributed by atoms with E-state index in [2.05, 4.69) is 41.3 Å². The van der Waals surface area contributed by atoms with Crippen LogP contribution in [0, 0.1) is 40.6 Å². The Labute approximate surface area is 333 Å². The third-order valence-electron chi connectivity index (χ3n) is 12.3. The highest BCUT2D eigenvalue weighted by atomic mass is 32.1. The van der Waals surface area contributed by atoms with Crippen LogP contribution in [0.25, 0.3) is 60.5 Å². The summed E-state index contributed by atoms with van der Waals surface area (Å²) in [4.78, 5) is 7.28. The van der Waals surface area contributed by atoms with Crippen LogP contribution < -0.4 is 9.47 Å². The van der Waals surface area contributed by atoms with Crippen molar-refractivity contribution < 1.29 is 9.47 Å². The van der Waals surface area contributed by atoms with Crippen molar-refractivity contribution in [1.82, 2.24) is 0 Å². The molecular weight excluding hydrogens is 737 g/mol. The molecule has 0 N–H and O–H groups in total. The summed E-state index contributed by atoms with van der Waals surface area (Å²) in [7, 11) is 3.41. The Kier molecular flexibility index (Phi) is 8.79. The van der Waals surface area contributed by atoms with E-state index in [1.54, 1.807) is 49.0 Å². The van der Waals surface area contributed by atoms with Gasteiger partial charge in [0, 0.05) is 40.8 Å². The van der Waals surface area contributed by atoms with E-state index in [1.165, 1.54) is 79.3 Å². The van der Waals surface area contributed by atoms with Gasteiger partial charge in [0.1, 0.15) is 29.2 Å². The summed E-state index contributed by atoms with van der Waals surface area (Å²) < 4.78 is 14.5. The molecule has 0 aliphatic heterocycles. The number of thiophene rings is 3. The molecule has 5 aromatic rings. The fourth-order valence-electron chi connectivity index (χ4n) is 9.86. The van der Waals surface area contributed by atoms with Crippen LogP contribution in [0.1, 0.15) is 106 Å². The molecule has 55 heavy (non-hydrogen) atoms.